The van der Waals surface area contributed by atoms with E-state index in [2.05, 4.69) is 71.1 Å². The summed E-state index contributed by atoms with van der Waals surface area (Å²) in [7, 11) is 1.73. The quantitative estimate of drug-likeness (QED) is 0.548. The van der Waals surface area contributed by atoms with Crippen molar-refractivity contribution in [3.63, 3.8) is 0 Å². The fourth-order valence-corrected chi connectivity index (χ4v) is 4.69. The van der Waals surface area contributed by atoms with Gasteiger partial charge in [-0.1, -0.05) is 36.4 Å². The molecule has 1 aliphatic rings. The standard InChI is InChI=1S/C24H29N3OS/c1-18(20-9-5-3-6-10-20)25-16-19-11-12-23(28-2)21(15-19)22-17-29-24(26-22)27-13-7-4-8-14-27/h3,5-6,9-12,15,17-18,25H,4,7-8,13-14,16H2,1-2H3/t18-/m1/s1. The molecule has 2 heterocycles. The van der Waals surface area contributed by atoms with Gasteiger partial charge >= 0.3 is 0 Å². The van der Waals surface area contributed by atoms with Crippen LogP contribution in [0.1, 0.15) is 43.4 Å². The maximum Gasteiger partial charge on any atom is 0.185 e. The minimum atomic E-state index is 0.298. The summed E-state index contributed by atoms with van der Waals surface area (Å²) >= 11 is 1.74. The Morgan fingerprint density at radius 2 is 1.90 bits per heavy atom. The predicted octanol–water partition coefficient (Wildman–Crippen LogP) is 5.66. The number of nitrogens with one attached hydrogen (secondary N) is 1. The second kappa shape index (κ2) is 9.42. The molecule has 1 atom stereocenters. The van der Waals surface area contributed by atoms with Gasteiger partial charge in [-0.2, -0.15) is 0 Å². The van der Waals surface area contributed by atoms with Gasteiger partial charge in [-0.3, -0.25) is 0 Å². The molecule has 0 radical (unpaired) electrons. The number of methoxy groups -OCH3 is 1. The van der Waals surface area contributed by atoms with Crippen LogP contribution in [0.3, 0.4) is 0 Å². The first-order valence-electron chi connectivity index (χ1n) is 10.4. The van der Waals surface area contributed by atoms with Crippen LogP contribution in [0.4, 0.5) is 5.13 Å². The molecule has 0 amide bonds. The Morgan fingerprint density at radius 3 is 2.66 bits per heavy atom. The van der Waals surface area contributed by atoms with E-state index in [0.717, 1.165) is 41.8 Å². The van der Waals surface area contributed by atoms with Crippen LogP contribution in [0.2, 0.25) is 0 Å². The number of hydrogen-bond donors (Lipinski definition) is 1. The Labute approximate surface area is 177 Å². The molecular weight excluding hydrogens is 378 g/mol. The average Bonchev–Trinajstić information content (AvgIpc) is 3.28. The van der Waals surface area contributed by atoms with Crippen LogP contribution in [-0.2, 0) is 6.54 Å². The normalized spacial score (nSPS) is 15.3. The van der Waals surface area contributed by atoms with Gasteiger partial charge in [0.2, 0.25) is 0 Å². The van der Waals surface area contributed by atoms with E-state index in [1.54, 1.807) is 18.4 Å². The van der Waals surface area contributed by atoms with Crippen molar-refractivity contribution in [1.29, 1.82) is 0 Å². The first-order chi connectivity index (χ1) is 14.2. The van der Waals surface area contributed by atoms with Crippen molar-refractivity contribution in [2.45, 2.75) is 38.8 Å². The zero-order valence-electron chi connectivity index (χ0n) is 17.2. The molecule has 2 aromatic carbocycles. The van der Waals surface area contributed by atoms with Crippen molar-refractivity contribution in [3.05, 3.63) is 65.0 Å². The van der Waals surface area contributed by atoms with Gasteiger partial charge in [0.1, 0.15) is 5.75 Å². The zero-order chi connectivity index (χ0) is 20.1. The molecular formula is C24H29N3OS. The van der Waals surface area contributed by atoms with Crippen LogP contribution < -0.4 is 15.0 Å². The van der Waals surface area contributed by atoms with Crippen LogP contribution in [0.25, 0.3) is 11.3 Å². The first kappa shape index (κ1) is 19.9. The van der Waals surface area contributed by atoms with Gasteiger partial charge in [-0.15, -0.1) is 11.3 Å². The lowest BCUT2D eigenvalue weighted by atomic mass is 10.1. The Hall–Kier alpha value is -2.37. The van der Waals surface area contributed by atoms with E-state index in [9.17, 15) is 0 Å². The Balaban J connectivity index is 1.50. The highest BCUT2D eigenvalue weighted by molar-refractivity contribution is 7.14. The second-order valence-electron chi connectivity index (χ2n) is 7.61. The van der Waals surface area contributed by atoms with E-state index in [0.29, 0.717) is 6.04 Å². The molecule has 0 spiro atoms. The van der Waals surface area contributed by atoms with E-state index in [1.807, 2.05) is 0 Å². The monoisotopic (exact) mass is 407 g/mol. The van der Waals surface area contributed by atoms with E-state index in [-0.39, 0.29) is 0 Å². The lowest BCUT2D eigenvalue weighted by Crippen LogP contribution is -2.29. The summed E-state index contributed by atoms with van der Waals surface area (Å²) in [6, 6.07) is 17.2. The Bertz CT molecular complexity index is 919. The molecule has 1 N–H and O–H groups in total. The summed E-state index contributed by atoms with van der Waals surface area (Å²) in [5.41, 5.74) is 4.60. The third-order valence-electron chi connectivity index (χ3n) is 5.57. The predicted molar refractivity (Wildman–Crippen MR) is 122 cm³/mol. The summed E-state index contributed by atoms with van der Waals surface area (Å²) in [6.45, 7) is 5.23. The van der Waals surface area contributed by atoms with E-state index in [4.69, 9.17) is 9.72 Å². The molecule has 0 saturated carbocycles. The van der Waals surface area contributed by atoms with Crippen molar-refractivity contribution in [2.24, 2.45) is 0 Å². The molecule has 1 saturated heterocycles. The van der Waals surface area contributed by atoms with Crippen LogP contribution in [0, 0.1) is 0 Å². The van der Waals surface area contributed by atoms with Crippen molar-refractivity contribution in [1.82, 2.24) is 10.3 Å². The highest BCUT2D eigenvalue weighted by atomic mass is 32.1. The van der Waals surface area contributed by atoms with E-state index < -0.39 is 0 Å². The maximum absolute atomic E-state index is 5.64. The average molecular weight is 408 g/mol. The fourth-order valence-electron chi connectivity index (χ4n) is 3.81. The van der Waals surface area contributed by atoms with Gasteiger partial charge in [0.15, 0.2) is 5.13 Å². The molecule has 29 heavy (non-hydrogen) atoms. The third-order valence-corrected chi connectivity index (χ3v) is 6.47. The largest absolute Gasteiger partial charge is 0.496 e. The number of benzene rings is 2. The number of ether oxygens (including phenoxy) is 1. The molecule has 0 unspecified atom stereocenters. The van der Waals surface area contributed by atoms with Gasteiger partial charge in [0, 0.05) is 36.6 Å². The molecule has 0 bridgehead atoms. The number of rotatable bonds is 7. The molecule has 3 aromatic rings. The summed E-state index contributed by atoms with van der Waals surface area (Å²) in [4.78, 5) is 7.35. The van der Waals surface area contributed by atoms with Gasteiger partial charge in [0.05, 0.1) is 12.8 Å². The molecule has 4 nitrogen and oxygen atoms in total. The summed E-state index contributed by atoms with van der Waals surface area (Å²) in [5.74, 6) is 0.875. The minimum absolute atomic E-state index is 0.298. The molecule has 1 fully saturated rings. The maximum atomic E-state index is 5.64. The topological polar surface area (TPSA) is 37.4 Å². The molecule has 1 aromatic heterocycles. The fraction of sp³-hybridized carbons (Fsp3) is 0.375. The lowest BCUT2D eigenvalue weighted by Gasteiger charge is -2.25. The Morgan fingerprint density at radius 1 is 1.10 bits per heavy atom. The van der Waals surface area contributed by atoms with Crippen molar-refractivity contribution in [2.75, 3.05) is 25.1 Å². The molecule has 5 heteroatoms. The van der Waals surface area contributed by atoms with Gasteiger partial charge < -0.3 is 15.0 Å². The molecule has 152 valence electrons. The number of thiazole rings is 1. The molecule has 1 aliphatic heterocycles. The number of piperidine rings is 1. The molecule has 0 aliphatic carbocycles. The van der Waals surface area contributed by atoms with Crippen molar-refractivity contribution in [3.8, 4) is 17.0 Å². The van der Waals surface area contributed by atoms with Crippen LogP contribution in [-0.4, -0.2) is 25.2 Å². The smallest absolute Gasteiger partial charge is 0.185 e. The van der Waals surface area contributed by atoms with Crippen molar-refractivity contribution >= 4 is 16.5 Å². The summed E-state index contributed by atoms with van der Waals surface area (Å²) in [5, 5.41) is 6.91. The summed E-state index contributed by atoms with van der Waals surface area (Å²) < 4.78 is 5.64. The van der Waals surface area contributed by atoms with Gasteiger partial charge in [-0.05, 0) is 49.4 Å². The second-order valence-corrected chi connectivity index (χ2v) is 8.45. The van der Waals surface area contributed by atoms with Gasteiger partial charge in [-0.25, -0.2) is 4.98 Å². The van der Waals surface area contributed by atoms with Crippen LogP contribution >= 0.6 is 11.3 Å². The Kier molecular flexibility index (Phi) is 6.47. The first-order valence-corrected chi connectivity index (χ1v) is 11.3. The SMILES string of the molecule is COc1ccc(CN[C@H](C)c2ccccc2)cc1-c1csc(N2CCCCC2)n1. The number of nitrogens with zero attached hydrogens (tertiary/aromatic N) is 2. The molecule has 4 rings (SSSR count). The van der Waals surface area contributed by atoms with Crippen molar-refractivity contribution < 1.29 is 4.74 Å². The lowest BCUT2D eigenvalue weighted by molar-refractivity contribution is 0.416. The highest BCUT2D eigenvalue weighted by Crippen LogP contribution is 2.35. The highest BCUT2D eigenvalue weighted by Gasteiger charge is 2.17. The minimum Gasteiger partial charge on any atom is -0.496 e. The van der Waals surface area contributed by atoms with Crippen LogP contribution in [0.5, 0.6) is 5.75 Å². The number of aromatic nitrogens is 1. The van der Waals surface area contributed by atoms with E-state index in [1.165, 1.54) is 30.4 Å². The van der Waals surface area contributed by atoms with E-state index >= 15 is 0 Å². The zero-order valence-corrected chi connectivity index (χ0v) is 18.0. The van der Waals surface area contributed by atoms with Gasteiger partial charge in [0.25, 0.3) is 0 Å². The van der Waals surface area contributed by atoms with Crippen LogP contribution in [0.15, 0.2) is 53.9 Å². The number of hydrogen-bond acceptors (Lipinski definition) is 5. The number of anilines is 1. The third kappa shape index (κ3) is 4.80. The summed E-state index contributed by atoms with van der Waals surface area (Å²) in [6.07, 6.45) is 3.86.